The van der Waals surface area contributed by atoms with Crippen molar-refractivity contribution < 1.29 is 28.7 Å². The highest BCUT2D eigenvalue weighted by Crippen LogP contribution is 2.35. The standard InChI is InChI=1S/C27H21Br2N3O6/c1-15-3-7-18(8-4-15)30-24(33)14-38-23-13-21(29)16(12-22(23)37-2)11-20-25(34)31-27(36)32(26(20)35)19-9-5-17(28)6-10-19/h3-13H,14H2,1-2H3,(H,30,33)(H,31,34,36)/b20-11+. The predicted octanol–water partition coefficient (Wildman–Crippen LogP) is 5.21. The molecular formula is C27H21Br2N3O6. The fourth-order valence-electron chi connectivity index (χ4n) is 3.55. The summed E-state index contributed by atoms with van der Waals surface area (Å²) in [4.78, 5) is 51.4. The van der Waals surface area contributed by atoms with Crippen LogP contribution in [0.1, 0.15) is 11.1 Å². The average Bonchev–Trinajstić information content (AvgIpc) is 2.88. The second-order valence-corrected chi connectivity index (χ2v) is 9.93. The summed E-state index contributed by atoms with van der Waals surface area (Å²) in [5.74, 6) is -1.42. The van der Waals surface area contributed by atoms with Gasteiger partial charge in [-0.3, -0.25) is 19.7 Å². The van der Waals surface area contributed by atoms with Gasteiger partial charge in [0.15, 0.2) is 18.1 Å². The molecule has 0 saturated carbocycles. The molecule has 9 nitrogen and oxygen atoms in total. The van der Waals surface area contributed by atoms with Gasteiger partial charge in [-0.15, -0.1) is 0 Å². The number of hydrogen-bond donors (Lipinski definition) is 2. The Morgan fingerprint density at radius 3 is 2.34 bits per heavy atom. The number of halogens is 2. The van der Waals surface area contributed by atoms with Gasteiger partial charge in [-0.25, -0.2) is 9.69 Å². The van der Waals surface area contributed by atoms with Crippen LogP contribution >= 0.6 is 31.9 Å². The molecule has 1 saturated heterocycles. The highest BCUT2D eigenvalue weighted by Gasteiger charge is 2.37. The summed E-state index contributed by atoms with van der Waals surface area (Å²) in [7, 11) is 1.42. The van der Waals surface area contributed by atoms with Gasteiger partial charge in [0, 0.05) is 14.6 Å². The molecule has 0 radical (unpaired) electrons. The number of ether oxygens (including phenoxy) is 2. The number of carbonyl (C=O) groups is 4. The molecule has 0 aromatic heterocycles. The van der Waals surface area contributed by atoms with Crippen LogP contribution in [-0.2, 0) is 14.4 Å². The van der Waals surface area contributed by atoms with Crippen molar-refractivity contribution in [2.45, 2.75) is 6.92 Å². The minimum absolute atomic E-state index is 0.249. The lowest BCUT2D eigenvalue weighted by Gasteiger charge is -2.26. The molecule has 0 spiro atoms. The maximum Gasteiger partial charge on any atom is 0.335 e. The number of urea groups is 1. The van der Waals surface area contributed by atoms with Crippen LogP contribution in [0, 0.1) is 6.92 Å². The number of rotatable bonds is 7. The number of methoxy groups -OCH3 is 1. The molecular weight excluding hydrogens is 622 g/mol. The molecule has 5 amide bonds. The Kier molecular flexibility index (Phi) is 8.28. The molecule has 0 bridgehead atoms. The molecule has 2 N–H and O–H groups in total. The third-order valence-corrected chi connectivity index (χ3v) is 6.68. The molecule has 3 aromatic carbocycles. The Labute approximate surface area is 235 Å². The van der Waals surface area contributed by atoms with Gasteiger partial charge in [-0.05, 0) is 67.1 Å². The van der Waals surface area contributed by atoms with Gasteiger partial charge in [-0.1, -0.05) is 49.6 Å². The van der Waals surface area contributed by atoms with Crippen LogP contribution in [0.15, 0.2) is 75.2 Å². The van der Waals surface area contributed by atoms with Crippen molar-refractivity contribution in [2.75, 3.05) is 23.9 Å². The number of nitrogens with zero attached hydrogens (tertiary/aromatic N) is 1. The summed E-state index contributed by atoms with van der Waals surface area (Å²) < 4.78 is 12.3. The van der Waals surface area contributed by atoms with E-state index >= 15 is 0 Å². The topological polar surface area (TPSA) is 114 Å². The maximum atomic E-state index is 13.2. The summed E-state index contributed by atoms with van der Waals surface area (Å²) >= 11 is 6.72. The van der Waals surface area contributed by atoms with Crippen molar-refractivity contribution in [3.8, 4) is 11.5 Å². The van der Waals surface area contributed by atoms with Gasteiger partial charge in [0.05, 0.1) is 12.8 Å². The molecule has 1 aliphatic heterocycles. The highest BCUT2D eigenvalue weighted by molar-refractivity contribution is 9.10. The maximum absolute atomic E-state index is 13.2. The van der Waals surface area contributed by atoms with Gasteiger partial charge in [0.1, 0.15) is 5.57 Å². The molecule has 194 valence electrons. The number of benzene rings is 3. The molecule has 11 heteroatoms. The third kappa shape index (κ3) is 6.12. The second-order valence-electron chi connectivity index (χ2n) is 8.16. The fourth-order valence-corrected chi connectivity index (χ4v) is 4.25. The van der Waals surface area contributed by atoms with E-state index in [2.05, 4.69) is 42.5 Å². The van der Waals surface area contributed by atoms with E-state index in [-0.39, 0.29) is 29.6 Å². The van der Waals surface area contributed by atoms with Crippen molar-refractivity contribution in [1.29, 1.82) is 0 Å². The largest absolute Gasteiger partial charge is 0.493 e. The molecule has 1 aliphatic rings. The Hall–Kier alpha value is -3.96. The van der Waals surface area contributed by atoms with E-state index in [1.807, 2.05) is 19.1 Å². The first-order chi connectivity index (χ1) is 18.2. The molecule has 1 fully saturated rings. The van der Waals surface area contributed by atoms with E-state index in [0.29, 0.717) is 21.4 Å². The van der Waals surface area contributed by atoms with Crippen molar-refractivity contribution in [3.05, 3.63) is 86.3 Å². The molecule has 38 heavy (non-hydrogen) atoms. The van der Waals surface area contributed by atoms with E-state index in [1.165, 1.54) is 13.2 Å². The lowest BCUT2D eigenvalue weighted by molar-refractivity contribution is -0.122. The third-order valence-electron chi connectivity index (χ3n) is 5.46. The van der Waals surface area contributed by atoms with Crippen LogP contribution in [0.3, 0.4) is 0 Å². The first kappa shape index (κ1) is 27.1. The van der Waals surface area contributed by atoms with Crippen molar-refractivity contribution >= 4 is 73.1 Å². The number of amides is 5. The number of carbonyl (C=O) groups excluding carboxylic acids is 4. The summed E-state index contributed by atoms with van der Waals surface area (Å²) in [6.07, 6.45) is 1.34. The minimum atomic E-state index is -0.844. The van der Waals surface area contributed by atoms with E-state index in [0.717, 1.165) is 14.9 Å². The van der Waals surface area contributed by atoms with Gasteiger partial charge in [-0.2, -0.15) is 0 Å². The van der Waals surface area contributed by atoms with E-state index < -0.39 is 17.8 Å². The first-order valence-electron chi connectivity index (χ1n) is 11.2. The number of aryl methyl sites for hydroxylation is 1. The van der Waals surface area contributed by atoms with Crippen molar-refractivity contribution in [1.82, 2.24) is 5.32 Å². The zero-order chi connectivity index (χ0) is 27.4. The average molecular weight is 643 g/mol. The second kappa shape index (κ2) is 11.6. The van der Waals surface area contributed by atoms with Crippen LogP contribution in [0.2, 0.25) is 0 Å². The number of anilines is 2. The molecule has 0 aliphatic carbocycles. The normalized spacial score (nSPS) is 14.4. The van der Waals surface area contributed by atoms with Gasteiger partial charge in [0.2, 0.25) is 0 Å². The smallest absolute Gasteiger partial charge is 0.335 e. The molecule has 1 heterocycles. The zero-order valence-electron chi connectivity index (χ0n) is 20.2. The first-order valence-corrected chi connectivity index (χ1v) is 12.8. The number of barbiturate groups is 1. The van der Waals surface area contributed by atoms with Crippen LogP contribution in [-0.4, -0.2) is 37.5 Å². The molecule has 0 atom stereocenters. The Morgan fingerprint density at radius 1 is 1.00 bits per heavy atom. The SMILES string of the molecule is COc1cc(/C=C2\C(=O)NC(=O)N(c3ccc(Br)cc3)C2=O)c(Br)cc1OCC(=O)Nc1ccc(C)cc1. The summed E-state index contributed by atoms with van der Waals surface area (Å²) in [5.41, 5.74) is 2.19. The van der Waals surface area contributed by atoms with Gasteiger partial charge in [0.25, 0.3) is 17.7 Å². The Morgan fingerprint density at radius 2 is 1.68 bits per heavy atom. The Bertz CT molecular complexity index is 1450. The van der Waals surface area contributed by atoms with Crippen LogP contribution in [0.4, 0.5) is 16.2 Å². The zero-order valence-corrected chi connectivity index (χ0v) is 23.4. The van der Waals surface area contributed by atoms with Gasteiger partial charge < -0.3 is 14.8 Å². The van der Waals surface area contributed by atoms with E-state index in [4.69, 9.17) is 9.47 Å². The monoisotopic (exact) mass is 641 g/mol. The van der Waals surface area contributed by atoms with Crippen LogP contribution in [0.25, 0.3) is 6.08 Å². The van der Waals surface area contributed by atoms with Gasteiger partial charge >= 0.3 is 6.03 Å². The van der Waals surface area contributed by atoms with Crippen molar-refractivity contribution in [2.24, 2.45) is 0 Å². The lowest BCUT2D eigenvalue weighted by Crippen LogP contribution is -2.54. The molecule has 0 unspecified atom stereocenters. The van der Waals surface area contributed by atoms with Crippen LogP contribution in [0.5, 0.6) is 11.5 Å². The molecule has 3 aromatic rings. The number of nitrogens with one attached hydrogen (secondary N) is 2. The lowest BCUT2D eigenvalue weighted by atomic mass is 10.1. The minimum Gasteiger partial charge on any atom is -0.493 e. The quantitative estimate of drug-likeness (QED) is 0.270. The highest BCUT2D eigenvalue weighted by atomic mass is 79.9. The van der Waals surface area contributed by atoms with Crippen molar-refractivity contribution in [3.63, 3.8) is 0 Å². The molecule has 4 rings (SSSR count). The summed E-state index contributed by atoms with van der Waals surface area (Å²) in [5, 5.41) is 4.94. The predicted molar refractivity (Wildman–Crippen MR) is 149 cm³/mol. The Balaban J connectivity index is 1.55. The van der Waals surface area contributed by atoms with E-state index in [1.54, 1.807) is 48.5 Å². The van der Waals surface area contributed by atoms with Crippen LogP contribution < -0.4 is 25.0 Å². The number of imide groups is 2. The van der Waals surface area contributed by atoms with E-state index in [9.17, 15) is 19.2 Å². The summed E-state index contributed by atoms with van der Waals surface area (Å²) in [6.45, 7) is 1.68. The summed E-state index contributed by atoms with van der Waals surface area (Å²) in [6, 6.07) is 16.1. The number of hydrogen-bond acceptors (Lipinski definition) is 6. The fraction of sp³-hybridized carbons (Fsp3) is 0.111.